The smallest absolute Gasteiger partial charge is 0.232 e. The maximum atomic E-state index is 13.4. The number of aromatic nitrogens is 3. The zero-order chi connectivity index (χ0) is 26.5. The zero-order valence-corrected chi connectivity index (χ0v) is 23.0. The van der Waals surface area contributed by atoms with Gasteiger partial charge in [0, 0.05) is 11.6 Å². The lowest BCUT2D eigenvalue weighted by Gasteiger charge is -2.21. The first-order valence-electron chi connectivity index (χ1n) is 13.2. The molecule has 36 heavy (non-hydrogen) atoms. The predicted octanol–water partition coefficient (Wildman–Crippen LogP) is 6.48. The fourth-order valence-electron chi connectivity index (χ4n) is 4.09. The number of nitrogen functional groups attached to an aromatic ring is 1. The number of carbonyl (C=O) groups excluding carboxylic acids is 1. The highest BCUT2D eigenvalue weighted by atomic mass is 16.5. The summed E-state index contributed by atoms with van der Waals surface area (Å²) in [6.45, 7) is 15.3. The molecular weight excluding hydrogens is 452 g/mol. The van der Waals surface area contributed by atoms with Crippen molar-refractivity contribution in [3.05, 3.63) is 46.6 Å². The number of fused-ring (bicyclic) bond motifs is 1. The Morgan fingerprint density at radius 3 is 2.44 bits per heavy atom. The quantitative estimate of drug-likeness (QED) is 0.229. The summed E-state index contributed by atoms with van der Waals surface area (Å²) in [5.74, 6) is 1.55. The van der Waals surface area contributed by atoms with E-state index in [1.54, 1.807) is 4.52 Å². The van der Waals surface area contributed by atoms with Gasteiger partial charge < -0.3 is 15.2 Å². The molecule has 0 saturated heterocycles. The molecule has 0 aliphatic carbocycles. The second-order valence-electron chi connectivity index (χ2n) is 10.6. The molecule has 2 aromatic heterocycles. The van der Waals surface area contributed by atoms with Gasteiger partial charge >= 0.3 is 0 Å². The average molecular weight is 495 g/mol. The van der Waals surface area contributed by atoms with Crippen molar-refractivity contribution in [2.24, 2.45) is 0 Å². The molecule has 7 heteroatoms. The number of hydrogen-bond acceptors (Lipinski definition) is 6. The number of rotatable bonds is 12. The molecule has 1 aromatic carbocycles. The molecule has 0 spiro atoms. The maximum Gasteiger partial charge on any atom is 0.232 e. The van der Waals surface area contributed by atoms with Crippen LogP contribution in [0, 0.1) is 6.92 Å². The number of imidazole rings is 1. The van der Waals surface area contributed by atoms with Gasteiger partial charge in [0.2, 0.25) is 5.88 Å². The Bertz CT molecular complexity index is 1190. The molecule has 0 unspecified atom stereocenters. The van der Waals surface area contributed by atoms with E-state index < -0.39 is 0 Å². The zero-order valence-electron chi connectivity index (χ0n) is 23.0. The van der Waals surface area contributed by atoms with E-state index in [9.17, 15) is 4.79 Å². The molecule has 196 valence electrons. The van der Waals surface area contributed by atoms with Crippen molar-refractivity contribution >= 4 is 17.2 Å². The number of aryl methyl sites for hydroxylation is 1. The molecule has 0 bridgehead atoms. The second kappa shape index (κ2) is 11.8. The number of ether oxygens (including phenoxy) is 2. The summed E-state index contributed by atoms with van der Waals surface area (Å²) in [6.07, 6.45) is 5.21. The molecule has 0 aliphatic heterocycles. The van der Waals surface area contributed by atoms with Crippen LogP contribution in [0.1, 0.15) is 101 Å². The summed E-state index contributed by atoms with van der Waals surface area (Å²) in [5, 5.41) is 4.56. The Kier molecular flexibility index (Phi) is 8.98. The highest BCUT2D eigenvalue weighted by molar-refractivity contribution is 5.98. The minimum atomic E-state index is -0.119. The van der Waals surface area contributed by atoms with Gasteiger partial charge in [0.15, 0.2) is 11.4 Å². The van der Waals surface area contributed by atoms with E-state index in [0.29, 0.717) is 35.2 Å². The van der Waals surface area contributed by atoms with Gasteiger partial charge in [0.05, 0.1) is 24.8 Å². The summed E-state index contributed by atoms with van der Waals surface area (Å²) >= 11 is 0. The van der Waals surface area contributed by atoms with Crippen LogP contribution in [0.4, 0.5) is 5.82 Å². The van der Waals surface area contributed by atoms with Crippen molar-refractivity contribution in [2.45, 2.75) is 98.5 Å². The van der Waals surface area contributed by atoms with Crippen molar-refractivity contribution in [3.63, 3.8) is 0 Å². The van der Waals surface area contributed by atoms with E-state index in [-0.39, 0.29) is 23.7 Å². The summed E-state index contributed by atoms with van der Waals surface area (Å²) in [5.41, 5.74) is 10.0. The van der Waals surface area contributed by atoms with Gasteiger partial charge in [-0.2, -0.15) is 4.52 Å². The van der Waals surface area contributed by atoms with E-state index in [2.05, 4.69) is 51.6 Å². The molecule has 0 atom stereocenters. The van der Waals surface area contributed by atoms with Crippen molar-refractivity contribution in [3.8, 4) is 11.6 Å². The summed E-state index contributed by atoms with van der Waals surface area (Å²) in [7, 11) is 0. The van der Waals surface area contributed by atoms with E-state index in [1.165, 1.54) is 0 Å². The molecule has 0 saturated carbocycles. The number of hydrogen-bond donors (Lipinski definition) is 1. The predicted molar refractivity (Wildman–Crippen MR) is 145 cm³/mol. The largest absolute Gasteiger partial charge is 0.494 e. The average Bonchev–Trinajstić information content (AvgIpc) is 3.15. The van der Waals surface area contributed by atoms with E-state index >= 15 is 0 Å². The molecule has 0 radical (unpaired) electrons. The summed E-state index contributed by atoms with van der Waals surface area (Å²) < 4.78 is 13.6. The van der Waals surface area contributed by atoms with Gasteiger partial charge in [-0.25, -0.2) is 4.98 Å². The lowest BCUT2D eigenvalue weighted by Crippen LogP contribution is -2.16. The first kappa shape index (κ1) is 27.5. The topological polar surface area (TPSA) is 91.7 Å². The molecule has 2 N–H and O–H groups in total. The van der Waals surface area contributed by atoms with E-state index in [4.69, 9.17) is 15.2 Å². The third kappa shape index (κ3) is 6.56. The van der Waals surface area contributed by atoms with Gasteiger partial charge in [-0.1, -0.05) is 54.4 Å². The van der Waals surface area contributed by atoms with Crippen LogP contribution in [0.3, 0.4) is 0 Å². The van der Waals surface area contributed by atoms with Gasteiger partial charge in [-0.15, -0.1) is 5.10 Å². The third-order valence-corrected chi connectivity index (χ3v) is 6.49. The second-order valence-corrected chi connectivity index (χ2v) is 10.6. The number of nitrogens with zero attached hydrogens (tertiary/aromatic N) is 3. The van der Waals surface area contributed by atoms with E-state index in [1.807, 2.05) is 31.2 Å². The fourth-order valence-corrected chi connectivity index (χ4v) is 4.09. The monoisotopic (exact) mass is 494 g/mol. The maximum absolute atomic E-state index is 13.4. The molecule has 2 heterocycles. The molecule has 0 amide bonds. The summed E-state index contributed by atoms with van der Waals surface area (Å²) in [6, 6.07) is 7.70. The van der Waals surface area contributed by atoms with Gasteiger partial charge in [-0.05, 0) is 60.9 Å². The van der Waals surface area contributed by atoms with Crippen LogP contribution in [0.5, 0.6) is 11.6 Å². The number of nitrogens with two attached hydrogens (primary N) is 1. The highest BCUT2D eigenvalue weighted by Crippen LogP contribution is 2.29. The lowest BCUT2D eigenvalue weighted by atomic mass is 9.85. The highest BCUT2D eigenvalue weighted by Gasteiger charge is 2.21. The first-order chi connectivity index (χ1) is 17.1. The number of carbonyl (C=O) groups is 1. The SMILES string of the molecule is CCCCCOc1cc(C(=O)Cc2nc3c(C)cc(OC(CC)CC)nn3c2N)cc(C(C)(C)C)c1. The Balaban J connectivity index is 1.89. The summed E-state index contributed by atoms with van der Waals surface area (Å²) in [4.78, 5) is 18.1. The van der Waals surface area contributed by atoms with Gasteiger partial charge in [0.1, 0.15) is 11.6 Å². The van der Waals surface area contributed by atoms with Crippen LogP contribution in [-0.4, -0.2) is 33.1 Å². The first-order valence-corrected chi connectivity index (χ1v) is 13.2. The molecule has 0 aliphatic rings. The van der Waals surface area contributed by atoms with Crippen molar-refractivity contribution in [2.75, 3.05) is 12.3 Å². The molecule has 3 rings (SSSR count). The Morgan fingerprint density at radius 1 is 1.08 bits per heavy atom. The number of unbranched alkanes of at least 4 members (excludes halogenated alkanes) is 2. The molecule has 3 aromatic rings. The fraction of sp³-hybridized carbons (Fsp3) is 0.552. The van der Waals surface area contributed by atoms with Crippen LogP contribution >= 0.6 is 0 Å². The van der Waals surface area contributed by atoms with Crippen molar-refractivity contribution in [1.29, 1.82) is 0 Å². The van der Waals surface area contributed by atoms with Crippen molar-refractivity contribution in [1.82, 2.24) is 14.6 Å². The van der Waals surface area contributed by atoms with Crippen LogP contribution in [-0.2, 0) is 11.8 Å². The number of anilines is 1. The normalized spacial score (nSPS) is 11.9. The molecule has 7 nitrogen and oxygen atoms in total. The number of Topliss-reactive ketones (excluding diaryl/α,β-unsaturated/α-hetero) is 1. The van der Waals surface area contributed by atoms with Crippen molar-refractivity contribution < 1.29 is 14.3 Å². The molecular formula is C29H42N4O3. The van der Waals surface area contributed by atoms with Crippen LogP contribution in [0.25, 0.3) is 5.65 Å². The Hall–Kier alpha value is -3.09. The minimum Gasteiger partial charge on any atom is -0.494 e. The van der Waals surface area contributed by atoms with Gasteiger partial charge in [0.25, 0.3) is 0 Å². The van der Waals surface area contributed by atoms with Crippen LogP contribution in [0.2, 0.25) is 0 Å². The minimum absolute atomic E-state index is 0.0548. The number of benzene rings is 1. The number of ketones is 1. The third-order valence-electron chi connectivity index (χ3n) is 6.49. The van der Waals surface area contributed by atoms with Crippen LogP contribution in [0.15, 0.2) is 24.3 Å². The lowest BCUT2D eigenvalue weighted by molar-refractivity contribution is 0.0991. The molecule has 0 fully saturated rings. The Morgan fingerprint density at radius 2 is 1.81 bits per heavy atom. The Labute approximate surface area is 215 Å². The standard InChI is InChI=1S/C29H42N4O3/c1-8-11-12-13-35-23-16-20(15-21(17-23)29(5,6)7)25(34)18-24-27(30)33-28(31-24)19(4)14-26(32-33)36-22(9-2)10-3/h14-17,22H,8-13,18,30H2,1-7H3. The van der Waals surface area contributed by atoms with Gasteiger partial charge in [-0.3, -0.25) is 4.79 Å². The van der Waals surface area contributed by atoms with Crippen LogP contribution < -0.4 is 15.2 Å². The van der Waals surface area contributed by atoms with E-state index in [0.717, 1.165) is 49.0 Å².